The number of hydrogen-bond donors (Lipinski definition) is 2. The largest absolute Gasteiger partial charge is 0.326 e. The van der Waals surface area contributed by atoms with Gasteiger partial charge in [-0.15, -0.1) is 0 Å². The molecule has 2 rings (SSSR count). The highest BCUT2D eigenvalue weighted by Gasteiger charge is 2.26. The maximum Gasteiger partial charge on any atom is 0.225 e. The van der Waals surface area contributed by atoms with E-state index in [4.69, 9.17) is 28.9 Å². The third-order valence-corrected chi connectivity index (χ3v) is 4.26. The lowest BCUT2D eigenvalue weighted by atomic mass is 10.1. The summed E-state index contributed by atoms with van der Waals surface area (Å²) in [7, 11) is 0. The molecule has 1 aliphatic rings. The van der Waals surface area contributed by atoms with Crippen LogP contribution < -0.4 is 11.1 Å². The van der Waals surface area contributed by atoms with Crippen molar-refractivity contribution in [3.63, 3.8) is 0 Å². The van der Waals surface area contributed by atoms with Gasteiger partial charge in [0.1, 0.15) is 0 Å². The number of nitrogens with zero attached hydrogens (tertiary/aromatic N) is 1. The predicted octanol–water partition coefficient (Wildman–Crippen LogP) is 2.60. The Kier molecular flexibility index (Phi) is 5.27. The van der Waals surface area contributed by atoms with Crippen LogP contribution in [0.3, 0.4) is 0 Å². The summed E-state index contributed by atoms with van der Waals surface area (Å²) in [6.07, 6.45) is 0.404. The molecule has 1 aromatic rings. The molecule has 4 nitrogen and oxygen atoms in total. The summed E-state index contributed by atoms with van der Waals surface area (Å²) < 4.78 is 0. The molecule has 1 amide bonds. The zero-order valence-corrected chi connectivity index (χ0v) is 12.9. The van der Waals surface area contributed by atoms with Crippen LogP contribution >= 0.6 is 23.2 Å². The van der Waals surface area contributed by atoms with Crippen molar-refractivity contribution in [2.24, 2.45) is 11.7 Å². The number of rotatable bonds is 4. The number of nitrogens with one attached hydrogen (secondary N) is 1. The van der Waals surface area contributed by atoms with Crippen LogP contribution in [0.15, 0.2) is 18.2 Å². The first-order valence-corrected chi connectivity index (χ1v) is 7.44. The third kappa shape index (κ3) is 3.85. The summed E-state index contributed by atoms with van der Waals surface area (Å²) >= 11 is 12.0. The molecule has 1 fully saturated rings. The van der Waals surface area contributed by atoms with Crippen LogP contribution in [0.5, 0.6) is 0 Å². The van der Waals surface area contributed by atoms with Crippen LogP contribution in [-0.4, -0.2) is 36.5 Å². The van der Waals surface area contributed by atoms with Crippen molar-refractivity contribution in [3.05, 3.63) is 28.2 Å². The summed E-state index contributed by atoms with van der Waals surface area (Å²) in [5.41, 5.74) is 6.44. The Labute approximate surface area is 129 Å². The quantitative estimate of drug-likeness (QED) is 0.898. The van der Waals surface area contributed by atoms with Crippen LogP contribution in [0.25, 0.3) is 0 Å². The van der Waals surface area contributed by atoms with Gasteiger partial charge < -0.3 is 16.0 Å². The molecular formula is C14H19Cl2N3O. The number of hydrogen-bond acceptors (Lipinski definition) is 3. The number of likely N-dealkylation sites (tertiary alicyclic amines) is 1. The van der Waals surface area contributed by atoms with Crippen LogP contribution in [0.2, 0.25) is 10.0 Å². The number of benzene rings is 1. The van der Waals surface area contributed by atoms with Gasteiger partial charge in [0, 0.05) is 32.1 Å². The molecule has 0 radical (unpaired) electrons. The number of amides is 1. The van der Waals surface area contributed by atoms with Gasteiger partial charge in [0.15, 0.2) is 0 Å². The molecular weight excluding hydrogens is 297 g/mol. The van der Waals surface area contributed by atoms with Gasteiger partial charge in [0.2, 0.25) is 5.91 Å². The summed E-state index contributed by atoms with van der Waals surface area (Å²) in [5, 5.41) is 3.66. The molecule has 1 heterocycles. The van der Waals surface area contributed by atoms with Crippen molar-refractivity contribution in [3.8, 4) is 0 Å². The average Bonchev–Trinajstić information content (AvgIpc) is 2.71. The molecule has 0 aliphatic carbocycles. The Morgan fingerprint density at radius 1 is 1.40 bits per heavy atom. The SMILES string of the molecule is CC1CN(CCC(=O)Nc2c(Cl)cccc2Cl)CC1N. The average molecular weight is 316 g/mol. The lowest BCUT2D eigenvalue weighted by molar-refractivity contribution is -0.116. The first-order chi connectivity index (χ1) is 9.47. The van der Waals surface area contributed by atoms with Crippen molar-refractivity contribution >= 4 is 34.8 Å². The van der Waals surface area contributed by atoms with Gasteiger partial charge in [-0.1, -0.05) is 36.2 Å². The fraction of sp³-hybridized carbons (Fsp3) is 0.500. The van der Waals surface area contributed by atoms with Crippen molar-refractivity contribution in [1.82, 2.24) is 4.90 Å². The number of carbonyl (C=O) groups excluding carboxylic acids is 1. The van der Waals surface area contributed by atoms with E-state index in [1.165, 1.54) is 0 Å². The topological polar surface area (TPSA) is 58.4 Å². The Hall–Kier alpha value is -0.810. The molecule has 1 aliphatic heterocycles. The molecule has 1 saturated heterocycles. The van der Waals surface area contributed by atoms with Gasteiger partial charge in [-0.3, -0.25) is 4.79 Å². The zero-order chi connectivity index (χ0) is 14.7. The van der Waals surface area contributed by atoms with Gasteiger partial charge in [0.25, 0.3) is 0 Å². The van der Waals surface area contributed by atoms with Crippen LogP contribution in [0.4, 0.5) is 5.69 Å². The summed E-state index contributed by atoms with van der Waals surface area (Å²) in [6, 6.07) is 5.35. The molecule has 0 aromatic heterocycles. The van der Waals surface area contributed by atoms with Crippen molar-refractivity contribution < 1.29 is 4.79 Å². The molecule has 0 saturated carbocycles. The molecule has 2 atom stereocenters. The third-order valence-electron chi connectivity index (χ3n) is 3.63. The van der Waals surface area contributed by atoms with Crippen LogP contribution in [-0.2, 0) is 4.79 Å². The zero-order valence-electron chi connectivity index (χ0n) is 11.4. The van der Waals surface area contributed by atoms with E-state index in [0.29, 0.717) is 34.6 Å². The Morgan fingerprint density at radius 2 is 2.05 bits per heavy atom. The fourth-order valence-electron chi connectivity index (χ4n) is 2.36. The molecule has 1 aromatic carbocycles. The number of anilines is 1. The molecule has 0 bridgehead atoms. The van der Waals surface area contributed by atoms with Gasteiger partial charge >= 0.3 is 0 Å². The van der Waals surface area contributed by atoms with E-state index in [9.17, 15) is 4.79 Å². The molecule has 6 heteroatoms. The number of halogens is 2. The second-order valence-corrected chi connectivity index (χ2v) is 6.11. The van der Waals surface area contributed by atoms with E-state index >= 15 is 0 Å². The standard InChI is InChI=1S/C14H19Cl2N3O/c1-9-7-19(8-12(9)17)6-5-13(20)18-14-10(15)3-2-4-11(14)16/h2-4,9,12H,5-8,17H2,1H3,(H,18,20). The Bertz CT molecular complexity index is 465. The van der Waals surface area contributed by atoms with Gasteiger partial charge in [-0.05, 0) is 18.1 Å². The maximum absolute atomic E-state index is 12.0. The Balaban J connectivity index is 1.84. The van der Waals surface area contributed by atoms with E-state index in [2.05, 4.69) is 17.1 Å². The smallest absolute Gasteiger partial charge is 0.225 e. The summed E-state index contributed by atoms with van der Waals surface area (Å²) in [6.45, 7) is 4.63. The van der Waals surface area contributed by atoms with E-state index in [-0.39, 0.29) is 11.9 Å². The lowest BCUT2D eigenvalue weighted by Gasteiger charge is -2.15. The van der Waals surface area contributed by atoms with Crippen LogP contribution in [0, 0.1) is 5.92 Å². The molecule has 0 spiro atoms. The minimum atomic E-state index is -0.0897. The molecule has 110 valence electrons. The van der Waals surface area contributed by atoms with E-state index < -0.39 is 0 Å². The van der Waals surface area contributed by atoms with Gasteiger partial charge in [-0.25, -0.2) is 0 Å². The predicted molar refractivity (Wildman–Crippen MR) is 83.3 cm³/mol. The summed E-state index contributed by atoms with van der Waals surface area (Å²) in [4.78, 5) is 14.2. The van der Waals surface area contributed by atoms with Crippen molar-refractivity contribution in [2.75, 3.05) is 25.0 Å². The highest BCUT2D eigenvalue weighted by atomic mass is 35.5. The Morgan fingerprint density at radius 3 is 2.60 bits per heavy atom. The molecule has 3 N–H and O–H groups in total. The second-order valence-electron chi connectivity index (χ2n) is 5.30. The minimum absolute atomic E-state index is 0.0897. The monoisotopic (exact) mass is 315 g/mol. The normalized spacial score (nSPS) is 23.0. The van der Waals surface area contributed by atoms with E-state index in [0.717, 1.165) is 13.1 Å². The van der Waals surface area contributed by atoms with Gasteiger partial charge in [-0.2, -0.15) is 0 Å². The number of carbonyl (C=O) groups is 1. The molecule has 20 heavy (non-hydrogen) atoms. The number of nitrogens with two attached hydrogens (primary N) is 1. The highest BCUT2D eigenvalue weighted by Crippen LogP contribution is 2.29. The second kappa shape index (κ2) is 6.76. The first kappa shape index (κ1) is 15.6. The maximum atomic E-state index is 12.0. The van der Waals surface area contributed by atoms with Crippen molar-refractivity contribution in [1.29, 1.82) is 0 Å². The fourth-order valence-corrected chi connectivity index (χ4v) is 2.85. The first-order valence-electron chi connectivity index (χ1n) is 6.69. The van der Waals surface area contributed by atoms with E-state index in [1.807, 2.05) is 0 Å². The van der Waals surface area contributed by atoms with Crippen LogP contribution in [0.1, 0.15) is 13.3 Å². The van der Waals surface area contributed by atoms with Crippen molar-refractivity contribution in [2.45, 2.75) is 19.4 Å². The van der Waals surface area contributed by atoms with Gasteiger partial charge in [0.05, 0.1) is 15.7 Å². The minimum Gasteiger partial charge on any atom is -0.326 e. The highest BCUT2D eigenvalue weighted by molar-refractivity contribution is 6.39. The molecule has 2 unspecified atom stereocenters. The van der Waals surface area contributed by atoms with E-state index in [1.54, 1.807) is 18.2 Å². The number of para-hydroxylation sites is 1. The summed E-state index contributed by atoms with van der Waals surface area (Å²) in [5.74, 6) is 0.393. The lowest BCUT2D eigenvalue weighted by Crippen LogP contribution is -2.30.